The van der Waals surface area contributed by atoms with Crippen molar-refractivity contribution >= 4 is 34.0 Å². The molecule has 0 radical (unpaired) electrons. The van der Waals surface area contributed by atoms with Gasteiger partial charge in [-0.05, 0) is 91.0 Å². The summed E-state index contributed by atoms with van der Waals surface area (Å²) in [5, 5.41) is 4.86. The van der Waals surface area contributed by atoms with Crippen LogP contribution in [-0.4, -0.2) is 27.6 Å². The quantitative estimate of drug-likeness (QED) is 0.184. The second kappa shape index (κ2) is 10.9. The number of anilines is 1. The third kappa shape index (κ3) is 5.18. The van der Waals surface area contributed by atoms with Crippen molar-refractivity contribution in [3.05, 3.63) is 111 Å². The fraction of sp³-hybridized carbons (Fsp3) is 0.161. The van der Waals surface area contributed by atoms with Gasteiger partial charge in [0.1, 0.15) is 11.0 Å². The van der Waals surface area contributed by atoms with E-state index in [-0.39, 0.29) is 28.3 Å². The highest BCUT2D eigenvalue weighted by atomic mass is 35.5. The van der Waals surface area contributed by atoms with E-state index in [0.717, 1.165) is 27.6 Å². The van der Waals surface area contributed by atoms with Gasteiger partial charge in [0.15, 0.2) is 5.69 Å². The smallest absolute Gasteiger partial charge is 0.358 e. The third-order valence-corrected chi connectivity index (χ3v) is 7.02. The summed E-state index contributed by atoms with van der Waals surface area (Å²) < 4.78 is 19.8. The average molecular weight is 557 g/mol. The number of nitrogens with one attached hydrogen (secondary N) is 1. The van der Waals surface area contributed by atoms with Crippen LogP contribution in [0, 0.1) is 12.7 Å². The number of aromatic nitrogens is 3. The number of esters is 1. The zero-order valence-corrected chi connectivity index (χ0v) is 23.1. The normalized spacial score (nSPS) is 11.8. The lowest BCUT2D eigenvalue weighted by molar-refractivity contribution is 0.0595. The lowest BCUT2D eigenvalue weighted by atomic mass is 9.96. The number of ether oxygens (including phenoxy) is 1. The maximum Gasteiger partial charge on any atom is 0.358 e. The number of methoxy groups -OCH3 is 1. The number of hydrogen-bond donors (Lipinski definition) is 1. The van der Waals surface area contributed by atoms with Gasteiger partial charge in [-0.1, -0.05) is 17.7 Å². The maximum absolute atomic E-state index is 13.5. The first-order valence-electron chi connectivity index (χ1n) is 12.5. The van der Waals surface area contributed by atoms with Crippen LogP contribution >= 0.6 is 11.6 Å². The van der Waals surface area contributed by atoms with Crippen LogP contribution in [0.4, 0.5) is 10.1 Å². The number of halogens is 2. The molecule has 2 aromatic carbocycles. The molecule has 0 aliphatic rings. The monoisotopic (exact) mass is 556 g/mol. The molecule has 0 fully saturated rings. The van der Waals surface area contributed by atoms with Gasteiger partial charge >= 0.3 is 5.97 Å². The number of carbonyl (C=O) groups is 1. The van der Waals surface area contributed by atoms with E-state index in [1.165, 1.54) is 19.2 Å². The number of benzene rings is 2. The summed E-state index contributed by atoms with van der Waals surface area (Å²) in [6.45, 7) is 3.88. The summed E-state index contributed by atoms with van der Waals surface area (Å²) >= 11 is 6.03. The molecule has 1 N–H and O–H groups in total. The molecule has 0 saturated heterocycles. The Morgan fingerprint density at radius 1 is 1.02 bits per heavy atom. The summed E-state index contributed by atoms with van der Waals surface area (Å²) in [6, 6.07) is 18.7. The van der Waals surface area contributed by atoms with Crippen molar-refractivity contribution < 1.29 is 13.9 Å². The first-order chi connectivity index (χ1) is 19.2. The van der Waals surface area contributed by atoms with Crippen LogP contribution < -0.4 is 10.9 Å². The van der Waals surface area contributed by atoms with E-state index >= 15 is 0 Å². The van der Waals surface area contributed by atoms with Crippen LogP contribution in [0.3, 0.4) is 0 Å². The topological polar surface area (TPSA) is 86.1 Å². The molecular formula is C31H26ClFN4O3. The highest BCUT2D eigenvalue weighted by Gasteiger charge is 2.20. The number of fused-ring (bicyclic) bond motifs is 1. The molecule has 0 aliphatic carbocycles. The van der Waals surface area contributed by atoms with Crippen molar-refractivity contribution in [1.82, 2.24) is 14.5 Å². The molecule has 1 atom stereocenters. The van der Waals surface area contributed by atoms with E-state index in [9.17, 15) is 14.0 Å². The zero-order chi connectivity index (χ0) is 28.6. The Labute approximate surface area is 235 Å². The Bertz CT molecular complexity index is 1800. The SMILES string of the molecule is COC(=O)c1nc(Cl)ccc1NC(C)c1cc(C)cc2c(=O)n(C)c(-c3ccc(-c4ccc(F)cc4)nc3)cc12. The summed E-state index contributed by atoms with van der Waals surface area (Å²) in [5.74, 6) is -0.922. The van der Waals surface area contributed by atoms with E-state index < -0.39 is 5.97 Å². The van der Waals surface area contributed by atoms with Crippen LogP contribution in [0.25, 0.3) is 33.3 Å². The molecule has 5 rings (SSSR count). The molecular weight excluding hydrogens is 531 g/mol. The Morgan fingerprint density at radius 3 is 2.42 bits per heavy atom. The minimum absolute atomic E-state index is 0.0720. The molecule has 5 aromatic rings. The lowest BCUT2D eigenvalue weighted by Gasteiger charge is -2.21. The van der Waals surface area contributed by atoms with Crippen molar-refractivity contribution in [3.63, 3.8) is 0 Å². The molecule has 0 aliphatic heterocycles. The number of aryl methyl sites for hydroxylation is 1. The minimum atomic E-state index is -0.612. The molecule has 0 amide bonds. The van der Waals surface area contributed by atoms with Crippen LogP contribution in [0.5, 0.6) is 0 Å². The van der Waals surface area contributed by atoms with Crippen molar-refractivity contribution in [3.8, 4) is 22.5 Å². The third-order valence-electron chi connectivity index (χ3n) is 6.81. The predicted octanol–water partition coefficient (Wildman–Crippen LogP) is 6.72. The maximum atomic E-state index is 13.5. The van der Waals surface area contributed by atoms with Crippen molar-refractivity contribution in [2.45, 2.75) is 19.9 Å². The van der Waals surface area contributed by atoms with E-state index in [0.29, 0.717) is 22.5 Å². The van der Waals surface area contributed by atoms with Crippen molar-refractivity contribution in [2.24, 2.45) is 7.05 Å². The van der Waals surface area contributed by atoms with Crippen LogP contribution in [-0.2, 0) is 11.8 Å². The standard InChI is InChI=1S/C31H26ClFN4O3/c1-17-13-22(18(2)35-26-11-12-28(32)36-29(26)31(39)40-4)23-15-27(37(3)30(38)24(23)14-17)20-7-10-25(34-16-20)19-5-8-21(33)9-6-19/h5-16,18,35H,1-4H3. The van der Waals surface area contributed by atoms with Gasteiger partial charge in [-0.2, -0.15) is 0 Å². The molecule has 40 heavy (non-hydrogen) atoms. The number of nitrogens with zero attached hydrogens (tertiary/aromatic N) is 3. The highest BCUT2D eigenvalue weighted by molar-refractivity contribution is 6.29. The van der Waals surface area contributed by atoms with Gasteiger partial charge in [0.25, 0.3) is 5.56 Å². The summed E-state index contributed by atoms with van der Waals surface area (Å²) in [4.78, 5) is 34.6. The number of rotatable bonds is 6. The molecule has 0 spiro atoms. The minimum Gasteiger partial charge on any atom is -0.464 e. The van der Waals surface area contributed by atoms with E-state index in [2.05, 4.69) is 15.3 Å². The lowest BCUT2D eigenvalue weighted by Crippen LogP contribution is -2.20. The van der Waals surface area contributed by atoms with Gasteiger partial charge in [-0.15, -0.1) is 0 Å². The fourth-order valence-electron chi connectivity index (χ4n) is 4.77. The van der Waals surface area contributed by atoms with Crippen molar-refractivity contribution in [1.29, 1.82) is 0 Å². The summed E-state index contributed by atoms with van der Waals surface area (Å²) in [5.41, 5.74) is 5.12. The van der Waals surface area contributed by atoms with Gasteiger partial charge in [0.05, 0.1) is 24.2 Å². The van der Waals surface area contributed by atoms with Crippen LogP contribution in [0.1, 0.15) is 34.6 Å². The molecule has 0 bridgehead atoms. The molecule has 1 unspecified atom stereocenters. The van der Waals surface area contributed by atoms with Crippen LogP contribution in [0.15, 0.2) is 77.7 Å². The second-order valence-corrected chi connectivity index (χ2v) is 9.92. The number of pyridine rings is 3. The van der Waals surface area contributed by atoms with Gasteiger partial charge < -0.3 is 14.6 Å². The fourth-order valence-corrected chi connectivity index (χ4v) is 4.92. The largest absolute Gasteiger partial charge is 0.464 e. The van der Waals surface area contributed by atoms with Gasteiger partial charge in [0.2, 0.25) is 0 Å². The number of carbonyl (C=O) groups excluding carboxylic acids is 1. The Hall–Kier alpha value is -4.56. The van der Waals surface area contributed by atoms with Crippen molar-refractivity contribution in [2.75, 3.05) is 12.4 Å². The van der Waals surface area contributed by atoms with E-state index in [1.54, 1.807) is 42.1 Å². The van der Waals surface area contributed by atoms with Crippen LogP contribution in [0.2, 0.25) is 5.15 Å². The average Bonchev–Trinajstić information content (AvgIpc) is 2.96. The van der Waals surface area contributed by atoms with Gasteiger partial charge in [-0.3, -0.25) is 9.78 Å². The van der Waals surface area contributed by atoms with Gasteiger partial charge in [0, 0.05) is 35.8 Å². The molecule has 3 heterocycles. The van der Waals surface area contributed by atoms with E-state index in [1.807, 2.05) is 44.2 Å². The number of hydrogen-bond acceptors (Lipinski definition) is 6. The first-order valence-corrected chi connectivity index (χ1v) is 12.9. The molecule has 202 valence electrons. The molecule has 9 heteroatoms. The summed E-state index contributed by atoms with van der Waals surface area (Å²) in [6.07, 6.45) is 1.71. The second-order valence-electron chi connectivity index (χ2n) is 9.54. The summed E-state index contributed by atoms with van der Waals surface area (Å²) in [7, 11) is 3.02. The highest BCUT2D eigenvalue weighted by Crippen LogP contribution is 2.32. The van der Waals surface area contributed by atoms with E-state index in [4.69, 9.17) is 16.3 Å². The molecule has 3 aromatic heterocycles. The van der Waals surface area contributed by atoms with Gasteiger partial charge in [-0.25, -0.2) is 14.2 Å². The predicted molar refractivity (Wildman–Crippen MR) is 155 cm³/mol. The molecule has 7 nitrogen and oxygen atoms in total. The zero-order valence-electron chi connectivity index (χ0n) is 22.3. The Kier molecular flexibility index (Phi) is 7.36. The molecule has 0 saturated carbocycles. The first kappa shape index (κ1) is 27.0. The Morgan fingerprint density at radius 2 is 1.75 bits per heavy atom. The Balaban J connectivity index is 1.58.